The molecule has 0 spiro atoms. The molecule has 4 nitrogen and oxygen atoms in total. The first-order valence-corrected chi connectivity index (χ1v) is 3.07. The van der Waals surface area contributed by atoms with Crippen LogP contribution in [0.15, 0.2) is 0 Å². The Morgan fingerprint density at radius 3 is 2.70 bits per heavy atom. The van der Waals surface area contributed by atoms with Crippen LogP contribution in [0.5, 0.6) is 0 Å². The van der Waals surface area contributed by atoms with Crippen LogP contribution in [0.2, 0.25) is 0 Å². The molecule has 0 heterocycles. The summed E-state index contributed by atoms with van der Waals surface area (Å²) in [5, 5.41) is 0. The van der Waals surface area contributed by atoms with Crippen molar-refractivity contribution in [3.05, 3.63) is 0 Å². The van der Waals surface area contributed by atoms with Crippen molar-refractivity contribution in [2.45, 2.75) is 13.3 Å². The number of ether oxygens (including phenoxy) is 1. The maximum absolute atomic E-state index is 10.6. The molecular weight excluding hydrogens is 134 g/mol. The first-order valence-electron chi connectivity index (χ1n) is 3.07. The van der Waals surface area contributed by atoms with E-state index in [1.807, 2.05) is 6.92 Å². The standard InChI is InChI=1S/C6H11NO3/c1-3-4-7(2)6(9)10-5-8/h5H,3-4H2,1-2H3. The molecule has 0 rings (SSSR count). The number of hydrogen-bond acceptors (Lipinski definition) is 3. The van der Waals surface area contributed by atoms with Gasteiger partial charge >= 0.3 is 12.6 Å². The average Bonchev–Trinajstić information content (AvgIpc) is 1.89. The average molecular weight is 145 g/mol. The summed E-state index contributed by atoms with van der Waals surface area (Å²) in [5.74, 6) is 0. The van der Waals surface area contributed by atoms with Crippen molar-refractivity contribution in [3.8, 4) is 0 Å². The molecule has 0 aromatic carbocycles. The molecule has 4 heteroatoms. The minimum atomic E-state index is -0.600. The van der Waals surface area contributed by atoms with E-state index in [1.165, 1.54) is 4.90 Å². The minimum Gasteiger partial charge on any atom is -0.379 e. The highest BCUT2D eigenvalue weighted by Crippen LogP contribution is 1.89. The largest absolute Gasteiger partial charge is 0.417 e. The van der Waals surface area contributed by atoms with Crippen LogP contribution in [0.3, 0.4) is 0 Å². The van der Waals surface area contributed by atoms with E-state index in [1.54, 1.807) is 7.05 Å². The van der Waals surface area contributed by atoms with Crippen LogP contribution in [0.1, 0.15) is 13.3 Å². The van der Waals surface area contributed by atoms with Gasteiger partial charge in [-0.1, -0.05) is 6.92 Å². The maximum Gasteiger partial charge on any atom is 0.417 e. The Morgan fingerprint density at radius 1 is 1.70 bits per heavy atom. The lowest BCUT2D eigenvalue weighted by molar-refractivity contribution is -0.124. The predicted molar refractivity (Wildman–Crippen MR) is 35.5 cm³/mol. The molecule has 0 aliphatic heterocycles. The van der Waals surface area contributed by atoms with Gasteiger partial charge in [-0.25, -0.2) is 4.79 Å². The molecule has 0 fully saturated rings. The smallest absolute Gasteiger partial charge is 0.379 e. The van der Waals surface area contributed by atoms with Crippen molar-refractivity contribution in [2.24, 2.45) is 0 Å². The lowest BCUT2D eigenvalue weighted by atomic mass is 10.5. The quantitative estimate of drug-likeness (QED) is 0.432. The van der Waals surface area contributed by atoms with Crippen LogP contribution in [0.25, 0.3) is 0 Å². The Bertz CT molecular complexity index is 124. The van der Waals surface area contributed by atoms with Gasteiger partial charge in [-0.3, -0.25) is 4.79 Å². The molecule has 58 valence electrons. The van der Waals surface area contributed by atoms with E-state index in [9.17, 15) is 9.59 Å². The summed E-state index contributed by atoms with van der Waals surface area (Å²) in [7, 11) is 1.58. The summed E-state index contributed by atoms with van der Waals surface area (Å²) in [6.45, 7) is 2.67. The SMILES string of the molecule is CCCN(C)C(=O)OC=O. The molecule has 0 unspecified atom stereocenters. The van der Waals surface area contributed by atoms with Gasteiger partial charge in [0.15, 0.2) is 0 Å². The molecule has 1 amide bonds. The zero-order valence-corrected chi connectivity index (χ0v) is 6.16. The highest BCUT2D eigenvalue weighted by atomic mass is 16.6. The van der Waals surface area contributed by atoms with Gasteiger partial charge in [0.2, 0.25) is 0 Å². The summed E-state index contributed by atoms with van der Waals surface area (Å²) in [4.78, 5) is 21.6. The summed E-state index contributed by atoms with van der Waals surface area (Å²) in [5.41, 5.74) is 0. The van der Waals surface area contributed by atoms with E-state index in [-0.39, 0.29) is 6.47 Å². The van der Waals surface area contributed by atoms with Gasteiger partial charge in [0.05, 0.1) is 0 Å². The van der Waals surface area contributed by atoms with E-state index in [2.05, 4.69) is 4.74 Å². The number of amides is 1. The van der Waals surface area contributed by atoms with Crippen LogP contribution < -0.4 is 0 Å². The molecule has 0 atom stereocenters. The Labute approximate surface area is 59.8 Å². The maximum atomic E-state index is 10.6. The summed E-state index contributed by atoms with van der Waals surface area (Å²) < 4.78 is 4.06. The zero-order valence-electron chi connectivity index (χ0n) is 6.16. The lowest BCUT2D eigenvalue weighted by Gasteiger charge is -2.12. The van der Waals surface area contributed by atoms with Gasteiger partial charge in [-0.15, -0.1) is 0 Å². The van der Waals surface area contributed by atoms with Crippen molar-refractivity contribution in [1.29, 1.82) is 0 Å². The van der Waals surface area contributed by atoms with E-state index in [0.717, 1.165) is 6.42 Å². The molecule has 0 saturated heterocycles. The van der Waals surface area contributed by atoms with Crippen molar-refractivity contribution in [1.82, 2.24) is 4.90 Å². The Hall–Kier alpha value is -1.06. The van der Waals surface area contributed by atoms with Crippen molar-refractivity contribution < 1.29 is 14.3 Å². The molecule has 10 heavy (non-hydrogen) atoms. The first kappa shape index (κ1) is 8.94. The molecule has 0 saturated carbocycles. The first-order chi connectivity index (χ1) is 4.72. The fourth-order valence-electron chi connectivity index (χ4n) is 0.558. The Balaban J connectivity index is 3.58. The summed E-state index contributed by atoms with van der Waals surface area (Å²) in [6.07, 6.45) is 0.252. The third-order valence-electron chi connectivity index (χ3n) is 1.02. The number of hydrogen-bond donors (Lipinski definition) is 0. The molecule has 0 aromatic rings. The highest BCUT2D eigenvalue weighted by molar-refractivity contribution is 5.74. The van der Waals surface area contributed by atoms with Crippen LogP contribution in [0.4, 0.5) is 4.79 Å². The van der Waals surface area contributed by atoms with Crippen molar-refractivity contribution in [2.75, 3.05) is 13.6 Å². The summed E-state index contributed by atoms with van der Waals surface area (Å²) in [6, 6.07) is 0. The molecule has 0 aliphatic rings. The van der Waals surface area contributed by atoms with E-state index < -0.39 is 6.09 Å². The monoisotopic (exact) mass is 145 g/mol. The van der Waals surface area contributed by atoms with Gasteiger partial charge < -0.3 is 9.64 Å². The third-order valence-corrected chi connectivity index (χ3v) is 1.02. The topological polar surface area (TPSA) is 46.6 Å². The van der Waals surface area contributed by atoms with E-state index >= 15 is 0 Å². The van der Waals surface area contributed by atoms with Gasteiger partial charge in [-0.05, 0) is 6.42 Å². The number of carbonyl (C=O) groups excluding carboxylic acids is 2. The van der Waals surface area contributed by atoms with E-state index in [0.29, 0.717) is 6.54 Å². The molecular formula is C6H11NO3. The molecule has 0 N–H and O–H groups in total. The third kappa shape index (κ3) is 3.06. The highest BCUT2D eigenvalue weighted by Gasteiger charge is 2.06. The van der Waals surface area contributed by atoms with Crippen LogP contribution in [-0.2, 0) is 9.53 Å². The molecule has 0 aliphatic carbocycles. The zero-order chi connectivity index (χ0) is 7.98. The Morgan fingerprint density at radius 2 is 2.30 bits per heavy atom. The fraction of sp³-hybridized carbons (Fsp3) is 0.667. The normalized spacial score (nSPS) is 8.60. The van der Waals surface area contributed by atoms with E-state index in [4.69, 9.17) is 0 Å². The second-order valence-electron chi connectivity index (χ2n) is 1.90. The van der Waals surface area contributed by atoms with Gasteiger partial charge in [0.25, 0.3) is 0 Å². The fourth-order valence-corrected chi connectivity index (χ4v) is 0.558. The van der Waals surface area contributed by atoms with Gasteiger partial charge in [0, 0.05) is 13.6 Å². The minimum absolute atomic E-state index is 0.133. The second kappa shape index (κ2) is 4.78. The van der Waals surface area contributed by atoms with Crippen LogP contribution in [0, 0.1) is 0 Å². The molecule has 0 aromatic heterocycles. The van der Waals surface area contributed by atoms with Crippen LogP contribution >= 0.6 is 0 Å². The number of carbonyl (C=O) groups is 2. The van der Waals surface area contributed by atoms with Crippen molar-refractivity contribution >= 4 is 12.6 Å². The number of nitrogens with zero attached hydrogens (tertiary/aromatic N) is 1. The predicted octanol–water partition coefficient (Wildman–Crippen LogP) is 0.621. The molecule has 0 bridgehead atoms. The van der Waals surface area contributed by atoms with Crippen LogP contribution in [-0.4, -0.2) is 31.1 Å². The number of rotatable bonds is 3. The molecule has 0 radical (unpaired) electrons. The summed E-state index contributed by atoms with van der Waals surface area (Å²) >= 11 is 0. The van der Waals surface area contributed by atoms with Crippen molar-refractivity contribution in [3.63, 3.8) is 0 Å². The Kier molecular flexibility index (Phi) is 4.28. The second-order valence-corrected chi connectivity index (χ2v) is 1.90. The lowest BCUT2D eigenvalue weighted by Crippen LogP contribution is -2.27. The van der Waals surface area contributed by atoms with Gasteiger partial charge in [0.1, 0.15) is 0 Å². The van der Waals surface area contributed by atoms with Gasteiger partial charge in [-0.2, -0.15) is 0 Å².